The van der Waals surface area contributed by atoms with Crippen molar-refractivity contribution in [1.29, 1.82) is 0 Å². The highest BCUT2D eigenvalue weighted by molar-refractivity contribution is 6.31. The van der Waals surface area contributed by atoms with Crippen LogP contribution in [0.15, 0.2) is 41.6 Å². The molecule has 0 saturated heterocycles. The van der Waals surface area contributed by atoms with E-state index < -0.39 is 36.8 Å². The lowest BCUT2D eigenvalue weighted by Crippen LogP contribution is -2.34. The Labute approximate surface area is 200 Å². The number of halogens is 5. The standard InChI is InChI=1S/C21H16ClF4N5O4/c1-10(11-4-14(22)18(28-5-11)35-8-21(25,26)20(23)24)31-6-13-12(19(31)33)2-3-27-16(13)30-17(32)15-7-34-9-29-15/h2-5,7,9-10,20H,6,8H2,1H3,(H,27,30,32). The van der Waals surface area contributed by atoms with Crippen molar-refractivity contribution in [2.75, 3.05) is 11.9 Å². The summed E-state index contributed by atoms with van der Waals surface area (Å²) >= 11 is 6.05. The fourth-order valence-electron chi connectivity index (χ4n) is 3.35. The van der Waals surface area contributed by atoms with Crippen LogP contribution >= 0.6 is 11.6 Å². The summed E-state index contributed by atoms with van der Waals surface area (Å²) in [5.74, 6) is -5.54. The SMILES string of the molecule is CC(c1cnc(OCC(F)(F)C(F)F)c(Cl)c1)N1Cc2c(ccnc2NC(=O)c2cocn2)C1=O. The second-order valence-electron chi connectivity index (χ2n) is 7.53. The summed E-state index contributed by atoms with van der Waals surface area (Å²) in [7, 11) is 0. The molecule has 0 saturated carbocycles. The van der Waals surface area contributed by atoms with E-state index in [0.29, 0.717) is 16.7 Å². The van der Waals surface area contributed by atoms with Gasteiger partial charge in [0.05, 0.1) is 12.6 Å². The number of amides is 2. The predicted molar refractivity (Wildman–Crippen MR) is 113 cm³/mol. The van der Waals surface area contributed by atoms with Crippen LogP contribution in [0.5, 0.6) is 5.88 Å². The molecule has 1 atom stereocenters. The van der Waals surface area contributed by atoms with Crippen LogP contribution in [0.25, 0.3) is 0 Å². The Kier molecular flexibility index (Phi) is 6.61. The van der Waals surface area contributed by atoms with Crippen molar-refractivity contribution < 1.29 is 36.3 Å². The maximum absolute atomic E-state index is 13.1. The van der Waals surface area contributed by atoms with E-state index in [1.807, 2.05) is 0 Å². The van der Waals surface area contributed by atoms with Crippen LogP contribution in [0.1, 0.15) is 44.9 Å². The van der Waals surface area contributed by atoms with E-state index in [9.17, 15) is 27.2 Å². The minimum Gasteiger partial charge on any atom is -0.470 e. The third kappa shape index (κ3) is 4.90. The summed E-state index contributed by atoms with van der Waals surface area (Å²) < 4.78 is 60.3. The molecule has 2 amide bonds. The first-order valence-corrected chi connectivity index (χ1v) is 10.4. The van der Waals surface area contributed by atoms with Gasteiger partial charge in [-0.2, -0.15) is 8.78 Å². The lowest BCUT2D eigenvalue weighted by molar-refractivity contribution is -0.148. The molecule has 0 bridgehead atoms. The predicted octanol–water partition coefficient (Wildman–Crippen LogP) is 4.37. The monoisotopic (exact) mass is 513 g/mol. The van der Waals surface area contributed by atoms with Gasteiger partial charge in [0.2, 0.25) is 5.88 Å². The summed E-state index contributed by atoms with van der Waals surface area (Å²) in [6.07, 6.45) is 0.988. The molecule has 184 valence electrons. The number of nitrogens with one attached hydrogen (secondary N) is 1. The number of rotatable bonds is 8. The first kappa shape index (κ1) is 24.4. The smallest absolute Gasteiger partial charge is 0.340 e. The quantitative estimate of drug-likeness (QED) is 0.445. The van der Waals surface area contributed by atoms with E-state index in [0.717, 1.165) is 12.7 Å². The van der Waals surface area contributed by atoms with Gasteiger partial charge in [0.25, 0.3) is 11.8 Å². The molecule has 9 nitrogen and oxygen atoms in total. The van der Waals surface area contributed by atoms with Gasteiger partial charge in [0.1, 0.15) is 17.1 Å². The molecule has 0 fully saturated rings. The number of fused-ring (bicyclic) bond motifs is 1. The van der Waals surface area contributed by atoms with E-state index >= 15 is 0 Å². The van der Waals surface area contributed by atoms with Crippen molar-refractivity contribution in [1.82, 2.24) is 19.9 Å². The Bertz CT molecular complexity index is 1260. The minimum atomic E-state index is -4.36. The molecule has 1 aliphatic rings. The van der Waals surface area contributed by atoms with Gasteiger partial charge in [0.15, 0.2) is 18.7 Å². The molecule has 4 rings (SSSR count). The molecule has 3 aromatic heterocycles. The molecule has 4 heterocycles. The molecule has 14 heteroatoms. The lowest BCUT2D eigenvalue weighted by Gasteiger charge is -2.25. The van der Waals surface area contributed by atoms with Crippen molar-refractivity contribution in [3.05, 3.63) is 64.6 Å². The van der Waals surface area contributed by atoms with E-state index in [1.165, 1.54) is 29.4 Å². The van der Waals surface area contributed by atoms with Crippen LogP contribution in [0.4, 0.5) is 23.4 Å². The normalized spacial score (nSPS) is 14.3. The third-order valence-electron chi connectivity index (χ3n) is 5.27. The van der Waals surface area contributed by atoms with Crippen molar-refractivity contribution >= 4 is 29.2 Å². The number of anilines is 1. The zero-order valence-electron chi connectivity index (χ0n) is 17.8. The molecule has 0 spiro atoms. The van der Waals surface area contributed by atoms with Gasteiger partial charge < -0.3 is 19.4 Å². The maximum atomic E-state index is 13.1. The van der Waals surface area contributed by atoms with Crippen LogP contribution in [0.3, 0.4) is 0 Å². The molecule has 3 aromatic rings. The number of carbonyl (C=O) groups excluding carboxylic acids is 2. The van der Waals surface area contributed by atoms with Gasteiger partial charge in [-0.05, 0) is 24.6 Å². The number of ether oxygens (including phenoxy) is 1. The highest BCUT2D eigenvalue weighted by atomic mass is 35.5. The van der Waals surface area contributed by atoms with Crippen molar-refractivity contribution in [3.8, 4) is 5.88 Å². The number of pyridine rings is 2. The fraction of sp³-hybridized carbons (Fsp3) is 0.286. The Morgan fingerprint density at radius 2 is 2.11 bits per heavy atom. The molecule has 1 unspecified atom stereocenters. The van der Waals surface area contributed by atoms with Crippen molar-refractivity contribution in [2.24, 2.45) is 0 Å². The second-order valence-corrected chi connectivity index (χ2v) is 7.94. The summed E-state index contributed by atoms with van der Waals surface area (Å²) in [6, 6.07) is 2.27. The summed E-state index contributed by atoms with van der Waals surface area (Å²) in [5.41, 5.74) is 1.28. The topological polar surface area (TPSA) is 110 Å². The van der Waals surface area contributed by atoms with Crippen LogP contribution in [0.2, 0.25) is 5.02 Å². The molecule has 0 aromatic carbocycles. The fourth-order valence-corrected chi connectivity index (χ4v) is 3.58. The van der Waals surface area contributed by atoms with E-state index in [-0.39, 0.29) is 29.0 Å². The number of aromatic nitrogens is 3. The van der Waals surface area contributed by atoms with Gasteiger partial charge in [-0.3, -0.25) is 9.59 Å². The molecule has 35 heavy (non-hydrogen) atoms. The maximum Gasteiger partial charge on any atom is 0.340 e. The lowest BCUT2D eigenvalue weighted by atomic mass is 10.1. The first-order valence-electron chi connectivity index (χ1n) is 10.0. The van der Waals surface area contributed by atoms with Crippen molar-refractivity contribution in [2.45, 2.75) is 31.9 Å². The van der Waals surface area contributed by atoms with Gasteiger partial charge in [-0.25, -0.2) is 23.7 Å². The minimum absolute atomic E-state index is 0.0355. The number of hydrogen-bond acceptors (Lipinski definition) is 7. The van der Waals surface area contributed by atoms with E-state index in [4.69, 9.17) is 16.0 Å². The average Bonchev–Trinajstić information content (AvgIpc) is 3.47. The zero-order chi connectivity index (χ0) is 25.3. The van der Waals surface area contributed by atoms with Gasteiger partial charge in [0, 0.05) is 23.5 Å². The van der Waals surface area contributed by atoms with Gasteiger partial charge in [-0.1, -0.05) is 11.6 Å². The average molecular weight is 514 g/mol. The van der Waals surface area contributed by atoms with Gasteiger partial charge in [-0.15, -0.1) is 0 Å². The molecular weight excluding hydrogens is 498 g/mol. The highest BCUT2D eigenvalue weighted by Crippen LogP contribution is 2.36. The van der Waals surface area contributed by atoms with Crippen LogP contribution in [-0.4, -0.2) is 50.6 Å². The number of hydrogen-bond donors (Lipinski definition) is 1. The summed E-state index contributed by atoms with van der Waals surface area (Å²) in [4.78, 5) is 38.6. The van der Waals surface area contributed by atoms with E-state index in [2.05, 4.69) is 25.0 Å². The molecule has 0 aliphatic carbocycles. The Hall–Kier alpha value is -3.74. The molecule has 0 radical (unpaired) electrons. The zero-order valence-corrected chi connectivity index (χ0v) is 18.6. The van der Waals surface area contributed by atoms with Crippen LogP contribution in [0, 0.1) is 0 Å². The number of oxazole rings is 1. The third-order valence-corrected chi connectivity index (χ3v) is 5.54. The Balaban J connectivity index is 1.50. The highest BCUT2D eigenvalue weighted by Gasteiger charge is 2.42. The summed E-state index contributed by atoms with van der Waals surface area (Å²) in [5, 5.41) is 2.41. The largest absolute Gasteiger partial charge is 0.470 e. The molecule has 1 N–H and O–H groups in total. The van der Waals surface area contributed by atoms with E-state index in [1.54, 1.807) is 6.92 Å². The number of carbonyl (C=O) groups is 2. The van der Waals surface area contributed by atoms with Crippen molar-refractivity contribution in [3.63, 3.8) is 0 Å². The second kappa shape index (κ2) is 9.49. The number of alkyl halides is 4. The summed E-state index contributed by atoms with van der Waals surface area (Å²) in [6.45, 7) is 0.180. The Morgan fingerprint density at radius 1 is 1.34 bits per heavy atom. The molecule has 1 aliphatic heterocycles. The number of nitrogens with zero attached hydrogens (tertiary/aromatic N) is 4. The first-order chi connectivity index (χ1) is 16.6. The van der Waals surface area contributed by atoms with Crippen LogP contribution < -0.4 is 10.1 Å². The van der Waals surface area contributed by atoms with Crippen LogP contribution in [-0.2, 0) is 6.54 Å². The molecular formula is C21H16ClF4N5O4. The Morgan fingerprint density at radius 3 is 2.77 bits per heavy atom. The van der Waals surface area contributed by atoms with Gasteiger partial charge >= 0.3 is 12.3 Å².